The van der Waals surface area contributed by atoms with E-state index in [4.69, 9.17) is 11.6 Å². The molecule has 0 atom stereocenters. The predicted octanol–water partition coefficient (Wildman–Crippen LogP) is 3.86. The number of halogens is 1. The number of aryl methyl sites for hydroxylation is 1. The lowest BCUT2D eigenvalue weighted by Crippen LogP contribution is -2.16. The number of benzene rings is 2. The summed E-state index contributed by atoms with van der Waals surface area (Å²) < 4.78 is 1.62. The Morgan fingerprint density at radius 1 is 0.947 bits per heavy atom. The normalized spacial score (nSPS) is 10.8. The van der Waals surface area contributed by atoms with Crippen molar-refractivity contribution in [3.63, 3.8) is 0 Å². The molecule has 1 heterocycles. The molecule has 0 saturated carbocycles. The standard InChI is InChI=1S/C16H12ClNO/c1-18-10-15(11-6-8-12(17)9-7-11)13-4-2-3-5-14(13)16(18)19/h2-10H,1H3. The molecule has 0 aliphatic rings. The molecule has 0 aliphatic heterocycles. The molecule has 0 spiro atoms. The van der Waals surface area contributed by atoms with Gasteiger partial charge in [0.05, 0.1) is 0 Å². The minimum Gasteiger partial charge on any atom is -0.317 e. The Bertz CT molecular complexity index is 803. The average Bonchev–Trinajstić information content (AvgIpc) is 2.44. The molecule has 3 rings (SSSR count). The van der Waals surface area contributed by atoms with Crippen LogP contribution in [0.1, 0.15) is 0 Å². The molecule has 2 nitrogen and oxygen atoms in total. The molecule has 3 heteroatoms. The maximum atomic E-state index is 12.1. The van der Waals surface area contributed by atoms with Crippen molar-refractivity contribution in [2.45, 2.75) is 0 Å². The fourth-order valence-corrected chi connectivity index (χ4v) is 2.40. The lowest BCUT2D eigenvalue weighted by molar-refractivity contribution is 0.875. The smallest absolute Gasteiger partial charge is 0.258 e. The van der Waals surface area contributed by atoms with Gasteiger partial charge < -0.3 is 4.57 Å². The summed E-state index contributed by atoms with van der Waals surface area (Å²) in [5.74, 6) is 0. The van der Waals surface area contributed by atoms with Crippen molar-refractivity contribution in [2.24, 2.45) is 7.05 Å². The number of hydrogen-bond acceptors (Lipinski definition) is 1. The zero-order chi connectivity index (χ0) is 13.4. The highest BCUT2D eigenvalue weighted by atomic mass is 35.5. The molecule has 0 amide bonds. The first-order valence-electron chi connectivity index (χ1n) is 6.01. The van der Waals surface area contributed by atoms with Gasteiger partial charge in [-0.3, -0.25) is 4.79 Å². The van der Waals surface area contributed by atoms with Gasteiger partial charge in [0.1, 0.15) is 0 Å². The number of fused-ring (bicyclic) bond motifs is 1. The number of hydrogen-bond donors (Lipinski definition) is 0. The maximum absolute atomic E-state index is 12.1. The van der Waals surface area contributed by atoms with E-state index in [1.54, 1.807) is 11.6 Å². The zero-order valence-corrected chi connectivity index (χ0v) is 11.2. The van der Waals surface area contributed by atoms with Crippen LogP contribution in [0.25, 0.3) is 21.9 Å². The van der Waals surface area contributed by atoms with E-state index in [-0.39, 0.29) is 5.56 Å². The van der Waals surface area contributed by atoms with Gasteiger partial charge in [0.15, 0.2) is 0 Å². The lowest BCUT2D eigenvalue weighted by atomic mass is 10.0. The molecular weight excluding hydrogens is 258 g/mol. The first-order chi connectivity index (χ1) is 9.16. The second-order valence-electron chi connectivity index (χ2n) is 4.51. The first-order valence-corrected chi connectivity index (χ1v) is 6.39. The summed E-state index contributed by atoms with van der Waals surface area (Å²) in [7, 11) is 1.77. The topological polar surface area (TPSA) is 22.0 Å². The Morgan fingerprint density at radius 3 is 2.26 bits per heavy atom. The third kappa shape index (κ3) is 2.04. The van der Waals surface area contributed by atoms with Gasteiger partial charge in [-0.15, -0.1) is 0 Å². The van der Waals surface area contributed by atoms with Crippen LogP contribution in [0.4, 0.5) is 0 Å². The van der Waals surface area contributed by atoms with Crippen molar-refractivity contribution >= 4 is 22.4 Å². The van der Waals surface area contributed by atoms with E-state index in [1.807, 2.05) is 54.7 Å². The molecule has 0 N–H and O–H groups in total. The van der Waals surface area contributed by atoms with Crippen LogP contribution in [-0.2, 0) is 7.05 Å². The monoisotopic (exact) mass is 269 g/mol. The van der Waals surface area contributed by atoms with Crippen molar-refractivity contribution < 1.29 is 0 Å². The van der Waals surface area contributed by atoms with Crippen molar-refractivity contribution in [3.05, 3.63) is 70.1 Å². The fourth-order valence-electron chi connectivity index (χ4n) is 2.28. The summed E-state index contributed by atoms with van der Waals surface area (Å²) in [5, 5.41) is 2.41. The SMILES string of the molecule is Cn1cc(-c2ccc(Cl)cc2)c2ccccc2c1=O. The maximum Gasteiger partial charge on any atom is 0.258 e. The highest BCUT2D eigenvalue weighted by Crippen LogP contribution is 2.27. The summed E-state index contributed by atoms with van der Waals surface area (Å²) in [5.41, 5.74) is 2.11. The third-order valence-electron chi connectivity index (χ3n) is 3.25. The largest absolute Gasteiger partial charge is 0.317 e. The van der Waals surface area contributed by atoms with Gasteiger partial charge >= 0.3 is 0 Å². The van der Waals surface area contributed by atoms with Crippen LogP contribution in [0.5, 0.6) is 0 Å². The van der Waals surface area contributed by atoms with E-state index in [0.717, 1.165) is 21.9 Å². The summed E-state index contributed by atoms with van der Waals surface area (Å²) in [6.07, 6.45) is 1.87. The van der Waals surface area contributed by atoms with Gasteiger partial charge in [-0.05, 0) is 29.1 Å². The van der Waals surface area contributed by atoms with Gasteiger partial charge in [-0.1, -0.05) is 41.9 Å². The second kappa shape index (κ2) is 4.56. The van der Waals surface area contributed by atoms with E-state index < -0.39 is 0 Å². The Kier molecular flexibility index (Phi) is 2.88. The highest BCUT2D eigenvalue weighted by molar-refractivity contribution is 6.30. The van der Waals surface area contributed by atoms with Crippen molar-refractivity contribution in [1.29, 1.82) is 0 Å². The van der Waals surface area contributed by atoms with E-state index in [1.165, 1.54) is 0 Å². The quantitative estimate of drug-likeness (QED) is 0.657. The number of nitrogens with zero attached hydrogens (tertiary/aromatic N) is 1. The molecule has 3 aromatic rings. The zero-order valence-electron chi connectivity index (χ0n) is 10.4. The summed E-state index contributed by atoms with van der Waals surface area (Å²) in [6, 6.07) is 15.3. The Balaban J connectivity index is 2.38. The minimum absolute atomic E-state index is 0.0216. The van der Waals surface area contributed by atoms with Crippen LogP contribution in [0.3, 0.4) is 0 Å². The van der Waals surface area contributed by atoms with Crippen molar-refractivity contribution in [2.75, 3.05) is 0 Å². The number of aromatic nitrogens is 1. The summed E-state index contributed by atoms with van der Waals surface area (Å²) >= 11 is 5.92. The minimum atomic E-state index is 0.0216. The molecule has 94 valence electrons. The third-order valence-corrected chi connectivity index (χ3v) is 3.50. The number of pyridine rings is 1. The van der Waals surface area contributed by atoms with Crippen LogP contribution >= 0.6 is 11.6 Å². The van der Waals surface area contributed by atoms with Crippen LogP contribution in [0.2, 0.25) is 5.02 Å². The van der Waals surface area contributed by atoms with E-state index >= 15 is 0 Å². The molecule has 0 unspecified atom stereocenters. The molecule has 2 aromatic carbocycles. The molecule has 0 saturated heterocycles. The van der Waals surface area contributed by atoms with Crippen molar-refractivity contribution in [1.82, 2.24) is 4.57 Å². The summed E-state index contributed by atoms with van der Waals surface area (Å²) in [6.45, 7) is 0. The van der Waals surface area contributed by atoms with Crippen molar-refractivity contribution in [3.8, 4) is 11.1 Å². The Hall–Kier alpha value is -2.06. The van der Waals surface area contributed by atoms with Crippen LogP contribution in [0, 0.1) is 0 Å². The average molecular weight is 270 g/mol. The first kappa shape index (κ1) is 12.0. The molecule has 0 bridgehead atoms. The van der Waals surface area contributed by atoms with Gasteiger partial charge in [0.25, 0.3) is 5.56 Å². The fraction of sp³-hybridized carbons (Fsp3) is 0.0625. The summed E-state index contributed by atoms with van der Waals surface area (Å²) in [4.78, 5) is 12.1. The van der Waals surface area contributed by atoms with Gasteiger partial charge in [0, 0.05) is 29.2 Å². The Morgan fingerprint density at radius 2 is 1.58 bits per heavy atom. The van der Waals surface area contributed by atoms with E-state index in [9.17, 15) is 4.79 Å². The number of rotatable bonds is 1. The predicted molar refractivity (Wildman–Crippen MR) is 79.6 cm³/mol. The van der Waals surface area contributed by atoms with E-state index in [2.05, 4.69) is 0 Å². The molecule has 0 radical (unpaired) electrons. The van der Waals surface area contributed by atoms with E-state index in [0.29, 0.717) is 5.02 Å². The van der Waals surface area contributed by atoms with Crippen LogP contribution in [0.15, 0.2) is 59.5 Å². The highest BCUT2D eigenvalue weighted by Gasteiger charge is 2.08. The van der Waals surface area contributed by atoms with Crippen LogP contribution < -0.4 is 5.56 Å². The lowest BCUT2D eigenvalue weighted by Gasteiger charge is -2.09. The molecule has 19 heavy (non-hydrogen) atoms. The molecule has 0 fully saturated rings. The second-order valence-corrected chi connectivity index (χ2v) is 4.95. The van der Waals surface area contributed by atoms with Gasteiger partial charge in [0.2, 0.25) is 0 Å². The molecular formula is C16H12ClNO. The van der Waals surface area contributed by atoms with Gasteiger partial charge in [-0.2, -0.15) is 0 Å². The van der Waals surface area contributed by atoms with Crippen LogP contribution in [-0.4, -0.2) is 4.57 Å². The molecule has 0 aliphatic carbocycles. The molecule has 1 aromatic heterocycles. The van der Waals surface area contributed by atoms with Gasteiger partial charge in [-0.25, -0.2) is 0 Å². The Labute approximate surface area is 115 Å².